The molecule has 1 aromatic rings. The van der Waals surface area contributed by atoms with Gasteiger partial charge in [0.05, 0.1) is 6.61 Å². The van der Waals surface area contributed by atoms with Gasteiger partial charge in [0.2, 0.25) is 5.82 Å². The number of halogens is 4. The van der Waals surface area contributed by atoms with Gasteiger partial charge in [0.15, 0.2) is 11.6 Å². The van der Waals surface area contributed by atoms with Gasteiger partial charge >= 0.3 is 0 Å². The molecule has 0 radical (unpaired) electrons. The molecule has 1 nitrogen and oxygen atoms in total. The molecule has 0 amide bonds. The second kappa shape index (κ2) is 7.77. The molecule has 2 fully saturated rings. The van der Waals surface area contributed by atoms with Crippen LogP contribution in [0.1, 0.15) is 70.3 Å². The molecule has 0 bridgehead atoms. The first-order chi connectivity index (χ1) is 12.4. The zero-order valence-corrected chi connectivity index (χ0v) is 15.5. The molecule has 0 N–H and O–H groups in total. The summed E-state index contributed by atoms with van der Waals surface area (Å²) in [6, 6.07) is 2.68. The van der Waals surface area contributed by atoms with Crippen LogP contribution in [-0.4, -0.2) is 18.4 Å². The zero-order chi connectivity index (χ0) is 18.9. The molecule has 26 heavy (non-hydrogen) atoms. The molecule has 3 rings (SSSR count). The van der Waals surface area contributed by atoms with Gasteiger partial charge in [-0.25, -0.2) is 13.2 Å². The molecular weight excluding hydrogens is 344 g/mol. The van der Waals surface area contributed by atoms with Crippen LogP contribution in [0.15, 0.2) is 12.1 Å². The number of rotatable bonds is 5. The van der Waals surface area contributed by atoms with Gasteiger partial charge in [0.1, 0.15) is 11.8 Å². The third-order valence-corrected chi connectivity index (χ3v) is 6.36. The topological polar surface area (TPSA) is 9.23 Å². The van der Waals surface area contributed by atoms with Crippen molar-refractivity contribution in [1.82, 2.24) is 0 Å². The quantitative estimate of drug-likeness (QED) is 0.536. The van der Waals surface area contributed by atoms with E-state index in [1.54, 1.807) is 6.92 Å². The molecule has 0 aliphatic heterocycles. The predicted molar refractivity (Wildman–Crippen MR) is 94.0 cm³/mol. The van der Waals surface area contributed by atoms with Crippen molar-refractivity contribution >= 4 is 0 Å². The lowest BCUT2D eigenvalue weighted by Crippen LogP contribution is -2.36. The number of ether oxygens (including phenoxy) is 1. The van der Waals surface area contributed by atoms with E-state index in [1.807, 2.05) is 0 Å². The van der Waals surface area contributed by atoms with Crippen LogP contribution in [0.2, 0.25) is 0 Å². The number of hydrogen-bond donors (Lipinski definition) is 0. The maximum absolute atomic E-state index is 15.6. The number of fused-ring (bicyclic) bond motifs is 1. The van der Waals surface area contributed by atoms with Crippen LogP contribution >= 0.6 is 0 Å². The summed E-state index contributed by atoms with van der Waals surface area (Å²) in [6.45, 7) is 3.99. The summed E-state index contributed by atoms with van der Waals surface area (Å²) in [5.41, 5.74) is -1.98. The fraction of sp³-hybridized carbons (Fsp3) is 0.714. The molecule has 1 aromatic carbocycles. The molecule has 5 heteroatoms. The van der Waals surface area contributed by atoms with E-state index in [1.165, 1.54) is 12.1 Å². The second-order valence-electron chi connectivity index (χ2n) is 7.85. The summed E-state index contributed by atoms with van der Waals surface area (Å²) in [7, 11) is 0. The average Bonchev–Trinajstić information content (AvgIpc) is 2.76. The Morgan fingerprint density at radius 2 is 1.88 bits per heavy atom. The molecule has 0 aromatic heterocycles. The number of benzene rings is 1. The van der Waals surface area contributed by atoms with Gasteiger partial charge in [-0.2, -0.15) is 4.39 Å². The fourth-order valence-electron chi connectivity index (χ4n) is 4.97. The highest BCUT2D eigenvalue weighted by Crippen LogP contribution is 2.56. The Bertz CT molecular complexity index is 635. The minimum atomic E-state index is -1.92. The van der Waals surface area contributed by atoms with Gasteiger partial charge in [0, 0.05) is 5.92 Å². The van der Waals surface area contributed by atoms with Crippen molar-refractivity contribution in [2.24, 2.45) is 11.8 Å². The highest BCUT2D eigenvalue weighted by Gasteiger charge is 2.57. The van der Waals surface area contributed by atoms with Gasteiger partial charge in [-0.15, -0.1) is 0 Å². The van der Waals surface area contributed by atoms with Gasteiger partial charge in [0.25, 0.3) is 0 Å². The molecule has 5 atom stereocenters. The lowest BCUT2D eigenvalue weighted by Gasteiger charge is -2.28. The molecule has 2 aliphatic carbocycles. The van der Waals surface area contributed by atoms with Crippen LogP contribution in [0.3, 0.4) is 0 Å². The maximum Gasteiger partial charge on any atom is 0.200 e. The summed E-state index contributed by atoms with van der Waals surface area (Å²) >= 11 is 0. The third-order valence-electron chi connectivity index (χ3n) is 6.36. The summed E-state index contributed by atoms with van der Waals surface area (Å²) in [6.07, 6.45) is 2.91. The number of alkyl halides is 2. The molecule has 0 saturated heterocycles. The lowest BCUT2D eigenvalue weighted by molar-refractivity contribution is 0.0259. The van der Waals surface area contributed by atoms with Crippen molar-refractivity contribution in [3.63, 3.8) is 0 Å². The zero-order valence-electron chi connectivity index (χ0n) is 15.5. The molecule has 2 aliphatic rings. The Morgan fingerprint density at radius 1 is 1.12 bits per heavy atom. The lowest BCUT2D eigenvalue weighted by atomic mass is 9.87. The standard InChI is InChI=1S/C21H28F4O/c1-3-5-13-6-7-14-12-16(20(24)21(14,25)11-10-13)15-8-9-17(26-4-2)19(23)18(15)22/h8-9,13-14,16,20H,3-7,10-12H2,1-2H3. The van der Waals surface area contributed by atoms with Crippen LogP contribution in [0.25, 0.3) is 0 Å². The minimum Gasteiger partial charge on any atom is -0.491 e. The molecule has 146 valence electrons. The van der Waals surface area contributed by atoms with Crippen LogP contribution < -0.4 is 4.74 Å². The van der Waals surface area contributed by atoms with Gasteiger partial charge in [-0.05, 0) is 56.1 Å². The first-order valence-corrected chi connectivity index (χ1v) is 9.86. The molecule has 5 unspecified atom stereocenters. The Kier molecular flexibility index (Phi) is 5.83. The van der Waals surface area contributed by atoms with Gasteiger partial charge in [-0.3, -0.25) is 0 Å². The molecule has 2 saturated carbocycles. The van der Waals surface area contributed by atoms with E-state index < -0.39 is 35.3 Å². The fourth-order valence-corrected chi connectivity index (χ4v) is 4.97. The largest absolute Gasteiger partial charge is 0.491 e. The van der Waals surface area contributed by atoms with Crippen molar-refractivity contribution in [3.8, 4) is 5.75 Å². The third kappa shape index (κ3) is 3.34. The van der Waals surface area contributed by atoms with Crippen molar-refractivity contribution in [2.75, 3.05) is 6.61 Å². The summed E-state index contributed by atoms with van der Waals surface area (Å²) in [5, 5.41) is 0. The van der Waals surface area contributed by atoms with E-state index in [-0.39, 0.29) is 30.8 Å². The highest BCUT2D eigenvalue weighted by atomic mass is 19.2. The summed E-state index contributed by atoms with van der Waals surface area (Å²) < 4.78 is 64.5. The van der Waals surface area contributed by atoms with E-state index in [9.17, 15) is 8.78 Å². The SMILES string of the molecule is CCCC1CCC2CC(c3ccc(OCC)c(F)c3F)C(F)C2(F)CC1. The van der Waals surface area contributed by atoms with Crippen LogP contribution in [-0.2, 0) is 0 Å². The van der Waals surface area contributed by atoms with Crippen molar-refractivity contribution in [1.29, 1.82) is 0 Å². The Labute approximate surface area is 153 Å². The maximum atomic E-state index is 15.6. The predicted octanol–water partition coefficient (Wildman–Crippen LogP) is 6.50. The first kappa shape index (κ1) is 19.5. The van der Waals surface area contributed by atoms with Crippen LogP contribution in [0, 0.1) is 23.5 Å². The Balaban J connectivity index is 1.83. The summed E-state index contributed by atoms with van der Waals surface area (Å²) in [5.74, 6) is -3.30. The summed E-state index contributed by atoms with van der Waals surface area (Å²) in [4.78, 5) is 0. The monoisotopic (exact) mass is 372 g/mol. The van der Waals surface area contributed by atoms with E-state index in [0.717, 1.165) is 19.3 Å². The number of hydrogen-bond acceptors (Lipinski definition) is 1. The molecule has 0 spiro atoms. The first-order valence-electron chi connectivity index (χ1n) is 9.86. The van der Waals surface area contributed by atoms with Crippen molar-refractivity contribution in [3.05, 3.63) is 29.3 Å². The Hall–Kier alpha value is -1.26. The molecular formula is C21H28F4O. The van der Waals surface area contributed by atoms with Crippen LogP contribution in [0.5, 0.6) is 5.75 Å². The van der Waals surface area contributed by atoms with Crippen molar-refractivity contribution < 1.29 is 22.3 Å². The second-order valence-corrected chi connectivity index (χ2v) is 7.85. The Morgan fingerprint density at radius 3 is 2.58 bits per heavy atom. The highest BCUT2D eigenvalue weighted by molar-refractivity contribution is 5.35. The van der Waals surface area contributed by atoms with Gasteiger partial charge < -0.3 is 4.74 Å². The van der Waals surface area contributed by atoms with Crippen LogP contribution in [0.4, 0.5) is 17.6 Å². The van der Waals surface area contributed by atoms with Crippen molar-refractivity contribution in [2.45, 2.75) is 76.6 Å². The average molecular weight is 372 g/mol. The van der Waals surface area contributed by atoms with E-state index in [0.29, 0.717) is 18.8 Å². The van der Waals surface area contributed by atoms with Gasteiger partial charge in [-0.1, -0.05) is 32.3 Å². The molecule has 0 heterocycles. The van der Waals surface area contributed by atoms with E-state index in [2.05, 4.69) is 6.92 Å². The normalized spacial score (nSPS) is 34.4. The minimum absolute atomic E-state index is 0.0614. The van der Waals surface area contributed by atoms with E-state index in [4.69, 9.17) is 4.74 Å². The van der Waals surface area contributed by atoms with E-state index >= 15 is 8.78 Å². The smallest absolute Gasteiger partial charge is 0.200 e.